The smallest absolute Gasteiger partial charge is 0.407 e. The lowest BCUT2D eigenvalue weighted by Crippen LogP contribution is -2.47. The Hall–Kier alpha value is -5.05. The predicted octanol–water partition coefficient (Wildman–Crippen LogP) is 5.44. The maximum absolute atomic E-state index is 13.4. The van der Waals surface area contributed by atoms with Crippen LogP contribution >= 0.6 is 0 Å². The third-order valence-electron chi connectivity index (χ3n) is 10.2. The Bertz CT molecular complexity index is 1900. The molecular formula is C42H58N10O4. The molecule has 2 aromatic heterocycles. The first-order chi connectivity index (χ1) is 27.0. The van der Waals surface area contributed by atoms with E-state index in [0.29, 0.717) is 48.7 Å². The van der Waals surface area contributed by atoms with Gasteiger partial charge in [-0.3, -0.25) is 4.79 Å². The molecule has 2 aliphatic heterocycles. The van der Waals surface area contributed by atoms with Gasteiger partial charge in [0.25, 0.3) is 0 Å². The highest BCUT2D eigenvalue weighted by atomic mass is 16.6. The number of nitrogens with two attached hydrogens (primary N) is 1. The number of alkyl carbamates (subject to hydrolysis) is 1. The second-order valence-electron chi connectivity index (χ2n) is 15.8. The molecule has 0 spiro atoms. The summed E-state index contributed by atoms with van der Waals surface area (Å²) in [6.45, 7) is 15.4. The minimum atomic E-state index is -0.475. The van der Waals surface area contributed by atoms with Gasteiger partial charge in [-0.05, 0) is 110 Å². The first-order valence-corrected chi connectivity index (χ1v) is 19.9. The zero-order valence-electron chi connectivity index (χ0n) is 33.4. The number of likely N-dealkylation sites (N-methyl/N-ethyl adjacent to an activating group) is 1. The number of likely N-dealkylation sites (tertiary alicyclic amines) is 1. The molecule has 0 bridgehead atoms. The highest BCUT2D eigenvalue weighted by molar-refractivity contribution is 5.98. The van der Waals surface area contributed by atoms with E-state index in [1.807, 2.05) is 91.0 Å². The summed E-state index contributed by atoms with van der Waals surface area (Å²) in [7, 11) is 2.10. The number of nitrogen functional groups attached to an aromatic ring is 1. The monoisotopic (exact) mass is 766 g/mol. The number of para-hydroxylation sites is 1. The standard InChI is InChI=1S/C42H58N10O4/c1-42(2,3)56-41(54)44-20-10-23-49-26-28-50(29-27-49)24-11-22-48(4)21-9-15-36(53)51-25-8-12-33(30-51)52-40-37(39(43)45-31-46-40)38(47-52)32-16-18-35(19-17-32)55-34-13-6-5-7-14-34/h5-7,9,13-19,31,33H,8,10-12,20-30H2,1-4H3,(H,44,54)(H2,43,45,46)/b15-9+/t33-/m1/s1. The molecule has 2 aliphatic rings. The van der Waals surface area contributed by atoms with Gasteiger partial charge in [-0.2, -0.15) is 5.10 Å². The summed E-state index contributed by atoms with van der Waals surface area (Å²) >= 11 is 0. The molecule has 2 aromatic carbocycles. The molecule has 0 radical (unpaired) electrons. The van der Waals surface area contributed by atoms with Crippen molar-refractivity contribution < 1.29 is 19.1 Å². The average molecular weight is 767 g/mol. The largest absolute Gasteiger partial charge is 0.457 e. The van der Waals surface area contributed by atoms with E-state index in [0.717, 1.165) is 88.6 Å². The summed E-state index contributed by atoms with van der Waals surface area (Å²) < 4.78 is 13.2. The molecule has 14 nitrogen and oxygen atoms in total. The average Bonchev–Trinajstić information content (AvgIpc) is 3.58. The van der Waals surface area contributed by atoms with E-state index in [1.165, 1.54) is 6.33 Å². The molecule has 4 heterocycles. The second kappa shape index (κ2) is 19.2. The van der Waals surface area contributed by atoms with E-state index < -0.39 is 5.60 Å². The van der Waals surface area contributed by atoms with E-state index in [-0.39, 0.29) is 18.0 Å². The van der Waals surface area contributed by atoms with Crippen LogP contribution in [0.3, 0.4) is 0 Å². The number of aromatic nitrogens is 4. The number of fused-ring (bicyclic) bond motifs is 1. The molecule has 0 aliphatic carbocycles. The van der Waals surface area contributed by atoms with Gasteiger partial charge in [0.15, 0.2) is 5.65 Å². The first-order valence-electron chi connectivity index (χ1n) is 19.9. The second-order valence-corrected chi connectivity index (χ2v) is 15.8. The molecule has 300 valence electrons. The van der Waals surface area contributed by atoms with E-state index in [1.54, 1.807) is 6.08 Å². The highest BCUT2D eigenvalue weighted by Crippen LogP contribution is 2.35. The number of piperazine rings is 1. The molecule has 0 unspecified atom stereocenters. The van der Waals surface area contributed by atoms with Crippen molar-refractivity contribution >= 4 is 28.9 Å². The van der Waals surface area contributed by atoms with Gasteiger partial charge in [0, 0.05) is 64.0 Å². The van der Waals surface area contributed by atoms with Crippen molar-refractivity contribution in [2.75, 3.05) is 84.8 Å². The number of piperidine rings is 1. The lowest BCUT2D eigenvalue weighted by molar-refractivity contribution is -0.127. The minimum absolute atomic E-state index is 0.0152. The van der Waals surface area contributed by atoms with Gasteiger partial charge in [0.05, 0.1) is 11.4 Å². The van der Waals surface area contributed by atoms with Gasteiger partial charge in [0.2, 0.25) is 5.91 Å². The van der Waals surface area contributed by atoms with Crippen LogP contribution in [-0.2, 0) is 9.53 Å². The topological polar surface area (TPSA) is 147 Å². The van der Waals surface area contributed by atoms with Gasteiger partial charge in [-0.1, -0.05) is 24.3 Å². The molecule has 2 amide bonds. The van der Waals surface area contributed by atoms with Crippen LogP contribution < -0.4 is 15.8 Å². The normalized spacial score (nSPS) is 17.2. The van der Waals surface area contributed by atoms with Crippen LogP contribution in [0, 0.1) is 0 Å². The number of ether oxygens (including phenoxy) is 2. The maximum Gasteiger partial charge on any atom is 0.407 e. The number of nitrogens with one attached hydrogen (secondary N) is 1. The molecule has 0 saturated carbocycles. The van der Waals surface area contributed by atoms with Gasteiger partial charge < -0.3 is 40.1 Å². The van der Waals surface area contributed by atoms with Crippen LogP contribution in [0.5, 0.6) is 11.5 Å². The lowest BCUT2D eigenvalue weighted by Gasteiger charge is -2.35. The van der Waals surface area contributed by atoms with Crippen molar-refractivity contribution in [3.8, 4) is 22.8 Å². The third-order valence-corrected chi connectivity index (χ3v) is 10.2. The Kier molecular flexibility index (Phi) is 13.9. The van der Waals surface area contributed by atoms with Crippen molar-refractivity contribution in [3.63, 3.8) is 0 Å². The third kappa shape index (κ3) is 11.5. The molecule has 2 saturated heterocycles. The summed E-state index contributed by atoms with van der Waals surface area (Å²) in [4.78, 5) is 43.3. The van der Waals surface area contributed by atoms with Crippen LogP contribution in [0.25, 0.3) is 22.3 Å². The van der Waals surface area contributed by atoms with E-state index in [2.05, 4.69) is 37.0 Å². The van der Waals surface area contributed by atoms with Crippen molar-refractivity contribution in [2.45, 2.75) is 58.1 Å². The lowest BCUT2D eigenvalue weighted by atomic mass is 10.1. The van der Waals surface area contributed by atoms with Crippen molar-refractivity contribution in [3.05, 3.63) is 73.1 Å². The molecule has 14 heteroatoms. The number of amides is 2. The fraction of sp³-hybridized carbons (Fsp3) is 0.500. The Morgan fingerprint density at radius 1 is 0.946 bits per heavy atom. The van der Waals surface area contributed by atoms with Crippen LogP contribution in [0.4, 0.5) is 10.6 Å². The predicted molar refractivity (Wildman–Crippen MR) is 220 cm³/mol. The zero-order valence-corrected chi connectivity index (χ0v) is 33.4. The Morgan fingerprint density at radius 3 is 2.36 bits per heavy atom. The van der Waals surface area contributed by atoms with Gasteiger partial charge >= 0.3 is 6.09 Å². The number of hydrogen-bond acceptors (Lipinski definition) is 11. The fourth-order valence-corrected chi connectivity index (χ4v) is 7.25. The Labute approximate surface area is 330 Å². The highest BCUT2D eigenvalue weighted by Gasteiger charge is 2.28. The van der Waals surface area contributed by atoms with Gasteiger partial charge in [0.1, 0.15) is 34.9 Å². The number of anilines is 1. The van der Waals surface area contributed by atoms with Crippen LogP contribution in [0.1, 0.15) is 52.5 Å². The Morgan fingerprint density at radius 2 is 1.64 bits per heavy atom. The van der Waals surface area contributed by atoms with Gasteiger partial charge in [-0.25, -0.2) is 19.4 Å². The molecule has 4 aromatic rings. The quantitative estimate of drug-likeness (QED) is 0.118. The van der Waals surface area contributed by atoms with Crippen LogP contribution in [0.2, 0.25) is 0 Å². The summed E-state index contributed by atoms with van der Waals surface area (Å²) in [5.74, 6) is 1.88. The zero-order chi connectivity index (χ0) is 39.5. The molecule has 56 heavy (non-hydrogen) atoms. The molecular weight excluding hydrogens is 709 g/mol. The molecule has 1 atom stereocenters. The molecule has 3 N–H and O–H groups in total. The van der Waals surface area contributed by atoms with Gasteiger partial charge in [-0.15, -0.1) is 0 Å². The number of hydrogen-bond donors (Lipinski definition) is 2. The number of carbonyl (C=O) groups excluding carboxylic acids is 2. The minimum Gasteiger partial charge on any atom is -0.457 e. The summed E-state index contributed by atoms with van der Waals surface area (Å²) in [6, 6.07) is 17.4. The van der Waals surface area contributed by atoms with E-state index in [4.69, 9.17) is 20.3 Å². The number of carbonyl (C=O) groups is 2. The summed E-state index contributed by atoms with van der Waals surface area (Å²) in [5.41, 5.74) is 8.19. The van der Waals surface area contributed by atoms with Crippen molar-refractivity contribution in [1.82, 2.24) is 44.7 Å². The van der Waals surface area contributed by atoms with Crippen molar-refractivity contribution in [1.29, 1.82) is 0 Å². The number of benzene rings is 2. The summed E-state index contributed by atoms with van der Waals surface area (Å²) in [6.07, 6.45) is 8.54. The fourth-order valence-electron chi connectivity index (χ4n) is 7.25. The molecule has 2 fully saturated rings. The Balaban J connectivity index is 0.933. The van der Waals surface area contributed by atoms with Crippen LogP contribution in [-0.4, -0.2) is 136 Å². The SMILES string of the molecule is CN(C/C=C/C(=O)N1CCC[C@@H](n2nc(-c3ccc(Oc4ccccc4)cc3)c3c(N)ncnc32)C1)CCCN1CCN(CCCNC(=O)OC(C)(C)C)CC1. The first kappa shape index (κ1) is 40.6. The van der Waals surface area contributed by atoms with E-state index >= 15 is 0 Å². The number of nitrogens with zero attached hydrogens (tertiary/aromatic N) is 8. The summed E-state index contributed by atoms with van der Waals surface area (Å²) in [5, 5.41) is 8.60. The van der Waals surface area contributed by atoms with Crippen LogP contribution in [0.15, 0.2) is 73.1 Å². The van der Waals surface area contributed by atoms with E-state index in [9.17, 15) is 9.59 Å². The number of rotatable bonds is 15. The van der Waals surface area contributed by atoms with Crippen molar-refractivity contribution in [2.24, 2.45) is 0 Å². The maximum atomic E-state index is 13.4. The molecule has 6 rings (SSSR count).